The van der Waals surface area contributed by atoms with E-state index in [0.717, 1.165) is 10.9 Å². The molecule has 27 heavy (non-hydrogen) atoms. The van der Waals surface area contributed by atoms with E-state index in [1.807, 2.05) is 17.6 Å². The van der Waals surface area contributed by atoms with E-state index in [4.69, 9.17) is 9.47 Å². The molecule has 0 saturated heterocycles. The zero-order valence-corrected chi connectivity index (χ0v) is 15.2. The van der Waals surface area contributed by atoms with Crippen LogP contribution in [0.3, 0.4) is 0 Å². The summed E-state index contributed by atoms with van der Waals surface area (Å²) in [5.74, 6) is 0.887. The topological polar surface area (TPSA) is 58.3 Å². The van der Waals surface area contributed by atoms with Crippen molar-refractivity contribution in [1.29, 1.82) is 0 Å². The Balaban J connectivity index is 2.12. The van der Waals surface area contributed by atoms with Crippen LogP contribution < -0.4 is 15.0 Å². The minimum atomic E-state index is -0.368. The summed E-state index contributed by atoms with van der Waals surface area (Å²) in [5, 5.41) is 5.82. The van der Waals surface area contributed by atoms with Crippen LogP contribution in [0.4, 0.5) is 4.39 Å². The maximum absolute atomic E-state index is 13.2. The molecule has 0 unspecified atom stereocenters. The number of aromatic nitrogens is 3. The first-order chi connectivity index (χ1) is 13.1. The quantitative estimate of drug-likeness (QED) is 0.554. The van der Waals surface area contributed by atoms with Crippen molar-refractivity contribution >= 4 is 21.8 Å². The SMILES string of the molecule is CCn1c2cc(OC)cc(OC)c2c2cnn(-c3ccc(F)cc3)c(=O)c21. The van der Waals surface area contributed by atoms with Gasteiger partial charge < -0.3 is 14.0 Å². The van der Waals surface area contributed by atoms with Gasteiger partial charge in [-0.2, -0.15) is 9.78 Å². The third kappa shape index (κ3) is 2.54. The molecule has 2 heterocycles. The number of benzene rings is 2. The Morgan fingerprint density at radius 3 is 2.48 bits per heavy atom. The van der Waals surface area contributed by atoms with Gasteiger partial charge in [0.25, 0.3) is 5.56 Å². The summed E-state index contributed by atoms with van der Waals surface area (Å²) in [6.07, 6.45) is 1.64. The molecule has 4 aromatic rings. The normalized spacial score (nSPS) is 11.3. The molecule has 0 fully saturated rings. The zero-order chi connectivity index (χ0) is 19.1. The summed E-state index contributed by atoms with van der Waals surface area (Å²) in [5.41, 5.74) is 1.57. The largest absolute Gasteiger partial charge is 0.497 e. The monoisotopic (exact) mass is 367 g/mol. The molecule has 0 N–H and O–H groups in total. The maximum Gasteiger partial charge on any atom is 0.296 e. The standard InChI is InChI=1S/C20H18FN3O3/c1-4-23-16-9-14(26-2)10-17(27-3)18(16)15-11-22-24(20(25)19(15)23)13-7-5-12(21)6-8-13/h5-11H,4H2,1-3H3. The van der Waals surface area contributed by atoms with Gasteiger partial charge in [-0.15, -0.1) is 0 Å². The Kier molecular flexibility index (Phi) is 4.07. The van der Waals surface area contributed by atoms with Gasteiger partial charge in [-0.3, -0.25) is 4.79 Å². The smallest absolute Gasteiger partial charge is 0.296 e. The molecular weight excluding hydrogens is 349 g/mol. The molecule has 0 aliphatic heterocycles. The summed E-state index contributed by atoms with van der Waals surface area (Å²) in [4.78, 5) is 13.2. The Hall–Kier alpha value is -3.35. The molecule has 6 nitrogen and oxygen atoms in total. The fourth-order valence-corrected chi connectivity index (χ4v) is 3.44. The summed E-state index contributed by atoms with van der Waals surface area (Å²) < 4.78 is 27.3. The van der Waals surface area contributed by atoms with Crippen LogP contribution in [0.5, 0.6) is 11.5 Å². The van der Waals surface area contributed by atoms with Gasteiger partial charge in [0, 0.05) is 24.1 Å². The summed E-state index contributed by atoms with van der Waals surface area (Å²) in [6, 6.07) is 9.32. The van der Waals surface area contributed by atoms with Crippen LogP contribution in [0, 0.1) is 5.82 Å². The van der Waals surface area contributed by atoms with Crippen molar-refractivity contribution in [2.75, 3.05) is 14.2 Å². The van der Waals surface area contributed by atoms with E-state index in [0.29, 0.717) is 34.6 Å². The number of hydrogen-bond donors (Lipinski definition) is 0. The van der Waals surface area contributed by atoms with Crippen molar-refractivity contribution in [2.24, 2.45) is 0 Å². The first kappa shape index (κ1) is 17.1. The second-order valence-electron chi connectivity index (χ2n) is 6.07. The molecule has 0 saturated carbocycles. The van der Waals surface area contributed by atoms with Gasteiger partial charge in [0.15, 0.2) is 0 Å². The molecule has 4 rings (SSSR count). The molecule has 2 aromatic carbocycles. The first-order valence-corrected chi connectivity index (χ1v) is 8.51. The second kappa shape index (κ2) is 6.42. The highest BCUT2D eigenvalue weighted by molar-refractivity contribution is 6.11. The second-order valence-corrected chi connectivity index (χ2v) is 6.07. The predicted molar refractivity (Wildman–Crippen MR) is 102 cm³/mol. The Labute approximate surface area is 154 Å². The summed E-state index contributed by atoms with van der Waals surface area (Å²) in [7, 11) is 3.17. The predicted octanol–water partition coefficient (Wildman–Crippen LogP) is 3.52. The van der Waals surface area contributed by atoms with Crippen molar-refractivity contribution < 1.29 is 13.9 Å². The molecule has 0 aliphatic carbocycles. The Bertz CT molecular complexity index is 1210. The average molecular weight is 367 g/mol. The molecule has 0 amide bonds. The van der Waals surface area contributed by atoms with E-state index in [9.17, 15) is 9.18 Å². The average Bonchev–Trinajstić information content (AvgIpc) is 3.02. The third-order valence-electron chi connectivity index (χ3n) is 4.68. The highest BCUT2D eigenvalue weighted by Crippen LogP contribution is 2.37. The van der Waals surface area contributed by atoms with Crippen LogP contribution in [-0.4, -0.2) is 28.6 Å². The number of hydrogen-bond acceptors (Lipinski definition) is 4. The fraction of sp³-hybridized carbons (Fsp3) is 0.200. The molecule has 138 valence electrons. The minimum absolute atomic E-state index is 0.279. The van der Waals surface area contributed by atoms with E-state index in [2.05, 4.69) is 5.10 Å². The van der Waals surface area contributed by atoms with Crippen molar-refractivity contribution in [3.63, 3.8) is 0 Å². The van der Waals surface area contributed by atoms with Crippen molar-refractivity contribution in [3.8, 4) is 17.2 Å². The zero-order valence-electron chi connectivity index (χ0n) is 15.2. The molecule has 7 heteroatoms. The molecule has 0 bridgehead atoms. The van der Waals surface area contributed by atoms with Crippen molar-refractivity contribution in [1.82, 2.24) is 14.3 Å². The van der Waals surface area contributed by atoms with Crippen LogP contribution in [0.2, 0.25) is 0 Å². The molecule has 0 aliphatic rings. The third-order valence-corrected chi connectivity index (χ3v) is 4.68. The Morgan fingerprint density at radius 2 is 1.85 bits per heavy atom. The maximum atomic E-state index is 13.2. The number of ether oxygens (including phenoxy) is 2. The number of fused-ring (bicyclic) bond motifs is 3. The lowest BCUT2D eigenvalue weighted by atomic mass is 10.1. The van der Waals surface area contributed by atoms with Crippen molar-refractivity contribution in [2.45, 2.75) is 13.5 Å². The minimum Gasteiger partial charge on any atom is -0.497 e. The number of aryl methyl sites for hydroxylation is 1. The van der Waals surface area contributed by atoms with Gasteiger partial charge in [0.05, 0.1) is 37.0 Å². The number of nitrogens with zero attached hydrogens (tertiary/aromatic N) is 3. The van der Waals surface area contributed by atoms with Gasteiger partial charge in [-0.05, 0) is 31.2 Å². The van der Waals surface area contributed by atoms with Gasteiger partial charge in [0.1, 0.15) is 22.8 Å². The number of methoxy groups -OCH3 is 2. The highest BCUT2D eigenvalue weighted by Gasteiger charge is 2.20. The molecule has 2 aromatic heterocycles. The number of halogens is 1. The van der Waals surface area contributed by atoms with E-state index in [-0.39, 0.29) is 11.4 Å². The summed E-state index contributed by atoms with van der Waals surface area (Å²) in [6.45, 7) is 2.55. The summed E-state index contributed by atoms with van der Waals surface area (Å²) >= 11 is 0. The number of rotatable bonds is 4. The molecular formula is C20H18FN3O3. The van der Waals surface area contributed by atoms with E-state index in [1.165, 1.54) is 28.9 Å². The van der Waals surface area contributed by atoms with E-state index < -0.39 is 0 Å². The molecule has 0 spiro atoms. The van der Waals surface area contributed by atoms with Crippen LogP contribution in [-0.2, 0) is 6.54 Å². The lowest BCUT2D eigenvalue weighted by Crippen LogP contribution is -2.22. The van der Waals surface area contributed by atoms with Crippen LogP contribution in [0.25, 0.3) is 27.5 Å². The van der Waals surface area contributed by atoms with E-state index >= 15 is 0 Å². The van der Waals surface area contributed by atoms with Crippen molar-refractivity contribution in [3.05, 3.63) is 58.8 Å². The molecule has 0 atom stereocenters. The fourth-order valence-electron chi connectivity index (χ4n) is 3.44. The van der Waals surface area contributed by atoms with Crippen LogP contribution >= 0.6 is 0 Å². The molecule has 0 radical (unpaired) electrons. The van der Waals surface area contributed by atoms with Gasteiger partial charge >= 0.3 is 0 Å². The van der Waals surface area contributed by atoms with Crippen LogP contribution in [0.15, 0.2) is 47.4 Å². The van der Waals surface area contributed by atoms with Gasteiger partial charge in [-0.25, -0.2) is 4.39 Å². The van der Waals surface area contributed by atoms with Gasteiger partial charge in [0.2, 0.25) is 0 Å². The first-order valence-electron chi connectivity index (χ1n) is 8.51. The lowest BCUT2D eigenvalue weighted by Gasteiger charge is -2.08. The lowest BCUT2D eigenvalue weighted by molar-refractivity contribution is 0.398. The van der Waals surface area contributed by atoms with E-state index in [1.54, 1.807) is 26.5 Å². The Morgan fingerprint density at radius 1 is 1.11 bits per heavy atom. The van der Waals surface area contributed by atoms with Gasteiger partial charge in [-0.1, -0.05) is 0 Å². The van der Waals surface area contributed by atoms with Crippen LogP contribution in [0.1, 0.15) is 6.92 Å². The highest BCUT2D eigenvalue weighted by atomic mass is 19.1.